The van der Waals surface area contributed by atoms with Crippen LogP contribution >= 0.6 is 0 Å². The average Bonchev–Trinajstić information content (AvgIpc) is 3.35. The second kappa shape index (κ2) is 13.7. The molecule has 0 unspecified atom stereocenters. The number of anilines is 10. The maximum atomic E-state index is 3.78. The van der Waals surface area contributed by atoms with Gasteiger partial charge in [-0.2, -0.15) is 0 Å². The smallest absolute Gasteiger partial charge is 0.0744 e. The first kappa shape index (κ1) is 37.9. The van der Waals surface area contributed by atoms with Gasteiger partial charge in [0.2, 0.25) is 0 Å². The van der Waals surface area contributed by atoms with Gasteiger partial charge in [0, 0.05) is 39.3 Å². The van der Waals surface area contributed by atoms with Crippen molar-refractivity contribution in [1.82, 2.24) is 0 Å². The standard InChI is InChI=1S/C61H50N4/c1-59(2)46-23-10-15-29-52(46)64(53-30-16-11-24-47(53)59)43-37-38-55-57(39-43)65-54-31-17-12-25-48(54)60(3,4)49-26-18-32-56(58(49)65)63(55)42-35-33-41(34-36-42)61(40-19-6-5-7-20-40)44-21-8-13-27-50(44)62-51-28-14-9-22-45(51)61/h5-10,12-23,25-39,62H,11,24H2,1-4H3. The number of fused-ring (bicyclic) bond motifs is 7. The topological polar surface area (TPSA) is 21.8 Å². The molecule has 4 aliphatic heterocycles. The van der Waals surface area contributed by atoms with E-state index >= 15 is 0 Å². The van der Waals surface area contributed by atoms with E-state index in [1.165, 1.54) is 78.7 Å². The molecule has 4 heterocycles. The summed E-state index contributed by atoms with van der Waals surface area (Å²) in [5.74, 6) is 0. The van der Waals surface area contributed by atoms with Crippen molar-refractivity contribution in [3.05, 3.63) is 250 Å². The SMILES string of the molecule is CC1(C)C2=C(C=CCC2)N(c2ccc3c(c2)N2c4ccccc4C(C)(C)c4cccc(c42)N3c2ccc(C3(c4ccccc4)c4ccccc4Nc4ccccc43)cc2)c2ccccc21. The summed E-state index contributed by atoms with van der Waals surface area (Å²) in [6, 6.07) is 70.3. The first-order valence-electron chi connectivity index (χ1n) is 23.2. The lowest BCUT2D eigenvalue weighted by molar-refractivity contribution is 0.571. The lowest BCUT2D eigenvalue weighted by Gasteiger charge is -2.49. The molecule has 1 N–H and O–H groups in total. The number of allylic oxidation sites excluding steroid dienone is 3. The zero-order chi connectivity index (χ0) is 43.7. The van der Waals surface area contributed by atoms with Crippen molar-refractivity contribution in [1.29, 1.82) is 0 Å². The van der Waals surface area contributed by atoms with E-state index in [2.05, 4.69) is 248 Å². The summed E-state index contributed by atoms with van der Waals surface area (Å²) < 4.78 is 0. The number of nitrogens with one attached hydrogen (secondary N) is 1. The summed E-state index contributed by atoms with van der Waals surface area (Å²) in [6.07, 6.45) is 6.85. The minimum absolute atomic E-state index is 0.0625. The van der Waals surface area contributed by atoms with Crippen LogP contribution in [-0.2, 0) is 16.2 Å². The Bertz CT molecular complexity index is 3270. The zero-order valence-corrected chi connectivity index (χ0v) is 37.3. The van der Waals surface area contributed by atoms with Crippen molar-refractivity contribution in [2.24, 2.45) is 0 Å². The molecule has 0 aromatic heterocycles. The highest BCUT2D eigenvalue weighted by Gasteiger charge is 2.46. The number of rotatable bonds is 4. The van der Waals surface area contributed by atoms with Gasteiger partial charge in [-0.15, -0.1) is 0 Å². The quantitative estimate of drug-likeness (QED) is 0.191. The molecular formula is C61H50N4. The van der Waals surface area contributed by atoms with Crippen molar-refractivity contribution in [3.63, 3.8) is 0 Å². The molecule has 5 aliphatic rings. The monoisotopic (exact) mass is 838 g/mol. The third-order valence-electron chi connectivity index (χ3n) is 15.3. The van der Waals surface area contributed by atoms with Crippen molar-refractivity contribution >= 4 is 56.9 Å². The van der Waals surface area contributed by atoms with Gasteiger partial charge in [0.25, 0.3) is 0 Å². The summed E-state index contributed by atoms with van der Waals surface area (Å²) in [7, 11) is 0. The molecule has 0 spiro atoms. The van der Waals surface area contributed by atoms with Crippen LogP contribution in [0.1, 0.15) is 79.5 Å². The van der Waals surface area contributed by atoms with Crippen molar-refractivity contribution in [3.8, 4) is 0 Å². The highest BCUT2D eigenvalue weighted by atomic mass is 15.3. The maximum Gasteiger partial charge on any atom is 0.0744 e. The number of nitrogens with zero attached hydrogens (tertiary/aromatic N) is 3. The predicted molar refractivity (Wildman–Crippen MR) is 270 cm³/mol. The number of hydrogen-bond donors (Lipinski definition) is 1. The van der Waals surface area contributed by atoms with Crippen LogP contribution in [-0.4, -0.2) is 0 Å². The number of hydrogen-bond acceptors (Lipinski definition) is 4. The van der Waals surface area contributed by atoms with Crippen LogP contribution in [0.15, 0.2) is 211 Å². The molecule has 65 heavy (non-hydrogen) atoms. The Morgan fingerprint density at radius 2 is 0.969 bits per heavy atom. The van der Waals surface area contributed by atoms with Gasteiger partial charge in [0.15, 0.2) is 0 Å². The molecule has 1 aliphatic carbocycles. The van der Waals surface area contributed by atoms with Crippen LogP contribution in [0.3, 0.4) is 0 Å². The van der Waals surface area contributed by atoms with Gasteiger partial charge in [0.05, 0.1) is 39.5 Å². The van der Waals surface area contributed by atoms with Crippen LogP contribution in [0.5, 0.6) is 0 Å². The molecule has 0 bridgehead atoms. The molecular weight excluding hydrogens is 789 g/mol. The van der Waals surface area contributed by atoms with Crippen LogP contribution in [0.4, 0.5) is 56.9 Å². The Balaban J connectivity index is 1.04. The zero-order valence-electron chi connectivity index (χ0n) is 37.3. The lowest BCUT2D eigenvalue weighted by atomic mass is 9.63. The Hall–Kier alpha value is -7.56. The molecule has 8 aromatic rings. The first-order chi connectivity index (χ1) is 31.8. The van der Waals surface area contributed by atoms with E-state index in [0.717, 1.165) is 41.3 Å². The van der Waals surface area contributed by atoms with Gasteiger partial charge in [-0.3, -0.25) is 0 Å². The molecule has 13 rings (SSSR count). The van der Waals surface area contributed by atoms with Crippen LogP contribution in [0, 0.1) is 0 Å². The van der Waals surface area contributed by atoms with E-state index in [9.17, 15) is 0 Å². The van der Waals surface area contributed by atoms with E-state index in [0.29, 0.717) is 0 Å². The average molecular weight is 839 g/mol. The fourth-order valence-electron chi connectivity index (χ4n) is 12.3. The fourth-order valence-corrected chi connectivity index (χ4v) is 12.3. The number of para-hydroxylation sites is 5. The van der Waals surface area contributed by atoms with E-state index in [1.807, 2.05) is 0 Å². The minimum Gasteiger partial charge on any atom is -0.355 e. The normalized spacial score (nSPS) is 17.4. The van der Waals surface area contributed by atoms with Gasteiger partial charge in [-0.25, -0.2) is 0 Å². The summed E-state index contributed by atoms with van der Waals surface area (Å²) in [5, 5.41) is 3.78. The molecule has 4 nitrogen and oxygen atoms in total. The predicted octanol–water partition coefficient (Wildman–Crippen LogP) is 16.1. The Morgan fingerprint density at radius 1 is 0.415 bits per heavy atom. The summed E-state index contributed by atoms with van der Waals surface area (Å²) in [6.45, 7) is 9.58. The Labute approximate surface area is 382 Å². The molecule has 0 radical (unpaired) electrons. The minimum atomic E-state index is -0.538. The Morgan fingerprint density at radius 3 is 1.68 bits per heavy atom. The van der Waals surface area contributed by atoms with Gasteiger partial charge in [0.1, 0.15) is 0 Å². The van der Waals surface area contributed by atoms with E-state index in [-0.39, 0.29) is 10.8 Å². The van der Waals surface area contributed by atoms with Crippen molar-refractivity contribution in [2.45, 2.75) is 56.8 Å². The van der Waals surface area contributed by atoms with Crippen LogP contribution in [0.2, 0.25) is 0 Å². The van der Waals surface area contributed by atoms with Crippen LogP contribution < -0.4 is 20.0 Å². The maximum absolute atomic E-state index is 3.78. The van der Waals surface area contributed by atoms with Gasteiger partial charge in [-0.1, -0.05) is 161 Å². The third-order valence-corrected chi connectivity index (χ3v) is 15.3. The van der Waals surface area contributed by atoms with E-state index in [1.54, 1.807) is 0 Å². The molecule has 4 heteroatoms. The van der Waals surface area contributed by atoms with Gasteiger partial charge in [-0.05, 0) is 124 Å². The molecule has 0 saturated heterocycles. The second-order valence-electron chi connectivity index (χ2n) is 19.3. The van der Waals surface area contributed by atoms with E-state index < -0.39 is 5.41 Å². The molecule has 314 valence electrons. The lowest BCUT2D eigenvalue weighted by Crippen LogP contribution is -2.36. The van der Waals surface area contributed by atoms with E-state index in [4.69, 9.17) is 0 Å². The number of benzene rings is 8. The molecule has 0 amide bonds. The largest absolute Gasteiger partial charge is 0.355 e. The second-order valence-corrected chi connectivity index (χ2v) is 19.3. The van der Waals surface area contributed by atoms with Gasteiger partial charge >= 0.3 is 0 Å². The van der Waals surface area contributed by atoms with Gasteiger partial charge < -0.3 is 20.0 Å². The molecule has 0 fully saturated rings. The third kappa shape index (κ3) is 5.14. The molecule has 8 aromatic carbocycles. The highest BCUT2D eigenvalue weighted by Crippen LogP contribution is 2.63. The summed E-state index contributed by atoms with van der Waals surface area (Å²) >= 11 is 0. The Kier molecular flexibility index (Phi) is 8.01. The summed E-state index contributed by atoms with van der Waals surface area (Å²) in [5.41, 5.74) is 22.7. The highest BCUT2D eigenvalue weighted by molar-refractivity contribution is 6.06. The molecule has 0 atom stereocenters. The van der Waals surface area contributed by atoms with Crippen LogP contribution in [0.25, 0.3) is 0 Å². The van der Waals surface area contributed by atoms with Crippen molar-refractivity contribution in [2.75, 3.05) is 20.0 Å². The summed E-state index contributed by atoms with van der Waals surface area (Å²) in [4.78, 5) is 7.61. The van der Waals surface area contributed by atoms with Crippen molar-refractivity contribution < 1.29 is 0 Å². The fraction of sp³-hybridized carbons (Fsp3) is 0.148. The molecule has 0 saturated carbocycles. The first-order valence-corrected chi connectivity index (χ1v) is 23.2.